The van der Waals surface area contributed by atoms with Crippen molar-refractivity contribution in [3.05, 3.63) is 59.9 Å². The van der Waals surface area contributed by atoms with Crippen molar-refractivity contribution in [3.8, 4) is 5.75 Å². The molecule has 0 aliphatic carbocycles. The van der Waals surface area contributed by atoms with Gasteiger partial charge in [0.25, 0.3) is 0 Å². The zero-order chi connectivity index (χ0) is 18.6. The summed E-state index contributed by atoms with van der Waals surface area (Å²) in [6, 6.07) is 12.7. The molecule has 2 aromatic carbocycles. The molecule has 140 valence electrons. The van der Waals surface area contributed by atoms with E-state index in [9.17, 15) is 12.8 Å². The maximum atomic E-state index is 13.4. The lowest BCUT2D eigenvalue weighted by molar-refractivity contribution is 0.0517. The van der Waals surface area contributed by atoms with Crippen LogP contribution < -0.4 is 9.46 Å². The van der Waals surface area contributed by atoms with E-state index in [0.717, 1.165) is 17.4 Å². The monoisotopic (exact) mass is 379 g/mol. The SMILES string of the molecule is COc1ccc(C2(CNS(=O)(=O)c3cccc(F)c3)CCOCC2)cc1. The van der Waals surface area contributed by atoms with Crippen molar-refractivity contribution in [1.82, 2.24) is 4.72 Å². The molecule has 0 aromatic heterocycles. The molecule has 0 saturated carbocycles. The summed E-state index contributed by atoms with van der Waals surface area (Å²) in [4.78, 5) is -0.0746. The molecule has 1 aliphatic heterocycles. The molecule has 1 fully saturated rings. The van der Waals surface area contributed by atoms with Gasteiger partial charge in [0.15, 0.2) is 0 Å². The van der Waals surface area contributed by atoms with Crippen LogP contribution in [-0.4, -0.2) is 35.3 Å². The topological polar surface area (TPSA) is 64.6 Å². The summed E-state index contributed by atoms with van der Waals surface area (Å²) in [5.41, 5.74) is 0.661. The van der Waals surface area contributed by atoms with Gasteiger partial charge in [0, 0.05) is 25.2 Å². The molecule has 1 aliphatic rings. The standard InChI is InChI=1S/C19H22FNO4S/c1-24-17-7-5-15(6-8-17)19(9-11-25-12-10-19)14-21-26(22,23)18-4-2-3-16(20)13-18/h2-8,13,21H,9-12,14H2,1H3. The van der Waals surface area contributed by atoms with E-state index in [1.807, 2.05) is 24.3 Å². The zero-order valence-electron chi connectivity index (χ0n) is 14.6. The molecule has 0 spiro atoms. The van der Waals surface area contributed by atoms with E-state index in [0.29, 0.717) is 26.1 Å². The normalized spacial score (nSPS) is 17.0. The van der Waals surface area contributed by atoms with Crippen LogP contribution in [0.4, 0.5) is 4.39 Å². The minimum absolute atomic E-state index is 0.0746. The van der Waals surface area contributed by atoms with Crippen molar-refractivity contribution in [2.75, 3.05) is 26.9 Å². The van der Waals surface area contributed by atoms with E-state index in [2.05, 4.69) is 4.72 Å². The van der Waals surface area contributed by atoms with Crippen LogP contribution in [0.25, 0.3) is 0 Å². The number of hydrogen-bond donors (Lipinski definition) is 1. The smallest absolute Gasteiger partial charge is 0.240 e. The second kappa shape index (κ2) is 7.73. The molecule has 5 nitrogen and oxygen atoms in total. The Hall–Kier alpha value is -1.96. The lowest BCUT2D eigenvalue weighted by Gasteiger charge is -2.38. The van der Waals surface area contributed by atoms with E-state index in [4.69, 9.17) is 9.47 Å². The number of benzene rings is 2. The molecule has 0 unspecified atom stereocenters. The van der Waals surface area contributed by atoms with E-state index in [1.54, 1.807) is 7.11 Å². The van der Waals surface area contributed by atoms with Crippen LogP contribution >= 0.6 is 0 Å². The summed E-state index contributed by atoms with van der Waals surface area (Å²) >= 11 is 0. The average Bonchev–Trinajstić information content (AvgIpc) is 2.67. The van der Waals surface area contributed by atoms with Crippen LogP contribution in [0.5, 0.6) is 5.75 Å². The van der Waals surface area contributed by atoms with Crippen LogP contribution in [0.3, 0.4) is 0 Å². The summed E-state index contributed by atoms with van der Waals surface area (Å²) < 4.78 is 51.9. The van der Waals surface area contributed by atoms with Gasteiger partial charge in [-0.05, 0) is 48.7 Å². The third-order valence-electron chi connectivity index (χ3n) is 4.86. The van der Waals surface area contributed by atoms with E-state index < -0.39 is 15.8 Å². The van der Waals surface area contributed by atoms with Gasteiger partial charge < -0.3 is 9.47 Å². The third kappa shape index (κ3) is 4.06. The van der Waals surface area contributed by atoms with Crippen molar-refractivity contribution in [1.29, 1.82) is 0 Å². The molecular weight excluding hydrogens is 357 g/mol. The molecule has 3 rings (SSSR count). The fraction of sp³-hybridized carbons (Fsp3) is 0.368. The van der Waals surface area contributed by atoms with Gasteiger partial charge in [-0.15, -0.1) is 0 Å². The van der Waals surface area contributed by atoms with Crippen LogP contribution in [0.15, 0.2) is 53.4 Å². The maximum absolute atomic E-state index is 13.4. The van der Waals surface area contributed by atoms with Crippen molar-refractivity contribution >= 4 is 10.0 Å². The lowest BCUT2D eigenvalue weighted by atomic mass is 9.74. The van der Waals surface area contributed by atoms with Gasteiger partial charge >= 0.3 is 0 Å². The Labute approximate surface area is 153 Å². The first-order valence-corrected chi connectivity index (χ1v) is 9.91. The first kappa shape index (κ1) is 18.8. The average molecular weight is 379 g/mol. The minimum atomic E-state index is -3.80. The highest BCUT2D eigenvalue weighted by Gasteiger charge is 2.35. The summed E-state index contributed by atoms with van der Waals surface area (Å²) in [6.45, 7) is 1.35. The van der Waals surface area contributed by atoms with Crippen molar-refractivity contribution in [2.24, 2.45) is 0 Å². The molecule has 0 radical (unpaired) electrons. The lowest BCUT2D eigenvalue weighted by Crippen LogP contribution is -2.44. The van der Waals surface area contributed by atoms with Gasteiger partial charge in [-0.2, -0.15) is 0 Å². The summed E-state index contributed by atoms with van der Waals surface area (Å²) in [5, 5.41) is 0. The van der Waals surface area contributed by atoms with Crippen LogP contribution in [0, 0.1) is 5.82 Å². The Bertz CT molecular complexity index is 846. The Balaban J connectivity index is 1.84. The predicted molar refractivity (Wildman–Crippen MR) is 96.3 cm³/mol. The van der Waals surface area contributed by atoms with Crippen LogP contribution in [-0.2, 0) is 20.2 Å². The van der Waals surface area contributed by atoms with Gasteiger partial charge in [0.2, 0.25) is 10.0 Å². The Morgan fingerprint density at radius 3 is 2.46 bits per heavy atom. The molecule has 0 atom stereocenters. The highest BCUT2D eigenvalue weighted by molar-refractivity contribution is 7.89. The molecule has 2 aromatic rings. The highest BCUT2D eigenvalue weighted by Crippen LogP contribution is 2.35. The Morgan fingerprint density at radius 2 is 1.85 bits per heavy atom. The molecular formula is C19H22FNO4S. The van der Waals surface area contributed by atoms with Crippen molar-refractivity contribution < 1.29 is 22.3 Å². The van der Waals surface area contributed by atoms with E-state index >= 15 is 0 Å². The molecule has 7 heteroatoms. The van der Waals surface area contributed by atoms with Crippen molar-refractivity contribution in [3.63, 3.8) is 0 Å². The maximum Gasteiger partial charge on any atom is 0.240 e. The second-order valence-electron chi connectivity index (χ2n) is 6.40. The first-order chi connectivity index (χ1) is 12.5. The number of sulfonamides is 1. The van der Waals surface area contributed by atoms with E-state index in [1.165, 1.54) is 18.2 Å². The molecule has 0 bridgehead atoms. The van der Waals surface area contributed by atoms with Gasteiger partial charge in [-0.25, -0.2) is 17.5 Å². The van der Waals surface area contributed by atoms with E-state index in [-0.39, 0.29) is 16.9 Å². The van der Waals surface area contributed by atoms with Crippen molar-refractivity contribution in [2.45, 2.75) is 23.2 Å². The zero-order valence-corrected chi connectivity index (χ0v) is 15.4. The molecule has 1 saturated heterocycles. The fourth-order valence-corrected chi connectivity index (χ4v) is 4.38. The predicted octanol–water partition coefficient (Wildman–Crippen LogP) is 2.86. The molecule has 26 heavy (non-hydrogen) atoms. The Morgan fingerprint density at radius 1 is 1.15 bits per heavy atom. The molecule has 0 amide bonds. The molecule has 1 heterocycles. The molecule has 1 N–H and O–H groups in total. The number of hydrogen-bond acceptors (Lipinski definition) is 4. The summed E-state index contributed by atoms with van der Waals surface area (Å²) in [6.07, 6.45) is 1.40. The third-order valence-corrected chi connectivity index (χ3v) is 6.26. The second-order valence-corrected chi connectivity index (χ2v) is 8.17. The largest absolute Gasteiger partial charge is 0.497 e. The number of halogens is 1. The minimum Gasteiger partial charge on any atom is -0.497 e. The fourth-order valence-electron chi connectivity index (χ4n) is 3.22. The number of ether oxygens (including phenoxy) is 2. The first-order valence-electron chi connectivity index (χ1n) is 8.43. The van der Waals surface area contributed by atoms with Gasteiger partial charge in [0.05, 0.1) is 12.0 Å². The van der Waals surface area contributed by atoms with Gasteiger partial charge in [-0.1, -0.05) is 18.2 Å². The number of nitrogens with one attached hydrogen (secondary N) is 1. The Kier molecular flexibility index (Phi) is 5.60. The van der Waals surface area contributed by atoms with Gasteiger partial charge in [0.1, 0.15) is 11.6 Å². The van der Waals surface area contributed by atoms with Crippen LogP contribution in [0.1, 0.15) is 18.4 Å². The quantitative estimate of drug-likeness (QED) is 0.838. The highest BCUT2D eigenvalue weighted by atomic mass is 32.2. The van der Waals surface area contributed by atoms with Crippen LogP contribution in [0.2, 0.25) is 0 Å². The van der Waals surface area contributed by atoms with Gasteiger partial charge in [-0.3, -0.25) is 0 Å². The summed E-state index contributed by atoms with van der Waals surface area (Å²) in [5.74, 6) is 0.167. The number of rotatable bonds is 6. The summed E-state index contributed by atoms with van der Waals surface area (Å²) in [7, 11) is -2.19. The number of methoxy groups -OCH3 is 1.